The highest BCUT2D eigenvalue weighted by Crippen LogP contribution is 2.37. The zero-order chi connectivity index (χ0) is 25.4. The summed E-state index contributed by atoms with van der Waals surface area (Å²) in [6, 6.07) is 11.9. The Bertz CT molecular complexity index is 1590. The third kappa shape index (κ3) is 4.67. The van der Waals surface area contributed by atoms with Gasteiger partial charge in [-0.15, -0.1) is 11.3 Å². The smallest absolute Gasteiger partial charge is 0.250 e. The first-order valence-electron chi connectivity index (χ1n) is 11.5. The van der Waals surface area contributed by atoms with Crippen molar-refractivity contribution in [1.82, 2.24) is 14.3 Å². The van der Waals surface area contributed by atoms with Crippen LogP contribution in [-0.2, 0) is 16.6 Å². The Morgan fingerprint density at radius 3 is 2.75 bits per heavy atom. The second-order valence-corrected chi connectivity index (χ2v) is 11.8. The summed E-state index contributed by atoms with van der Waals surface area (Å²) >= 11 is 1.61. The second kappa shape index (κ2) is 9.53. The van der Waals surface area contributed by atoms with E-state index in [1.807, 2.05) is 35.7 Å². The monoisotopic (exact) mass is 521 g/mol. The number of amides is 1. The van der Waals surface area contributed by atoms with Gasteiger partial charge in [-0.05, 0) is 53.8 Å². The minimum Gasteiger partial charge on any atom is -0.378 e. The van der Waals surface area contributed by atoms with Crippen LogP contribution in [0.4, 0.5) is 5.69 Å². The number of benzene rings is 2. The van der Waals surface area contributed by atoms with Gasteiger partial charge in [-0.2, -0.15) is 4.31 Å². The summed E-state index contributed by atoms with van der Waals surface area (Å²) in [5.74, 6) is -0.503. The van der Waals surface area contributed by atoms with E-state index in [-0.39, 0.29) is 0 Å². The van der Waals surface area contributed by atoms with Gasteiger partial charge in [0.1, 0.15) is 5.01 Å². The summed E-state index contributed by atoms with van der Waals surface area (Å²) in [5, 5.41) is 7.35. The molecule has 1 aliphatic rings. The zero-order valence-electron chi connectivity index (χ0n) is 20.0. The number of hydrogen-bond acceptors (Lipinski definition) is 6. The molecule has 0 fully saturated rings. The average molecular weight is 522 g/mol. The molecule has 0 radical (unpaired) electrons. The van der Waals surface area contributed by atoms with E-state index in [1.54, 1.807) is 23.6 Å². The fourth-order valence-corrected chi connectivity index (χ4v) is 5.98. The Balaban J connectivity index is 1.56. The Morgan fingerprint density at radius 2 is 2.08 bits per heavy atom. The van der Waals surface area contributed by atoms with Crippen molar-refractivity contribution in [2.45, 2.75) is 19.9 Å². The molecule has 3 heterocycles. The first-order chi connectivity index (χ1) is 17.2. The molecule has 186 valence electrons. The summed E-state index contributed by atoms with van der Waals surface area (Å²) in [6.45, 7) is 3.46. The number of nitrogens with zero attached hydrogens (tertiary/aromatic N) is 2. The van der Waals surface area contributed by atoms with Crippen LogP contribution in [0.1, 0.15) is 33.0 Å². The number of nitrogens with one attached hydrogen (secondary N) is 2. The molecule has 2 aromatic carbocycles. The van der Waals surface area contributed by atoms with Gasteiger partial charge in [-0.25, -0.2) is 13.4 Å². The third-order valence-corrected chi connectivity index (χ3v) is 8.63. The van der Waals surface area contributed by atoms with Crippen molar-refractivity contribution in [1.29, 1.82) is 0 Å². The van der Waals surface area contributed by atoms with E-state index in [0.717, 1.165) is 44.0 Å². The first-order valence-corrected chi connectivity index (χ1v) is 14.3. The van der Waals surface area contributed by atoms with Gasteiger partial charge in [0.25, 0.3) is 5.91 Å². The van der Waals surface area contributed by atoms with Gasteiger partial charge in [-0.3, -0.25) is 4.79 Å². The maximum atomic E-state index is 12.2. The molecule has 0 unspecified atom stereocenters. The van der Waals surface area contributed by atoms with Crippen molar-refractivity contribution >= 4 is 49.4 Å². The fourth-order valence-electron chi connectivity index (χ4n) is 4.66. The quantitative estimate of drug-likeness (QED) is 0.334. The van der Waals surface area contributed by atoms with Crippen LogP contribution >= 0.6 is 11.3 Å². The number of carbonyl (C=O) groups excluding carboxylic acids is 1. The Hall–Kier alpha value is -3.47. The number of fused-ring (bicyclic) bond motifs is 1. The number of carbonyl (C=O) groups is 1. The summed E-state index contributed by atoms with van der Waals surface area (Å²) < 4.78 is 25.2. The van der Waals surface area contributed by atoms with Crippen molar-refractivity contribution < 1.29 is 13.2 Å². The fraction of sp³-hybridized carbons (Fsp3) is 0.231. The number of rotatable bonds is 7. The van der Waals surface area contributed by atoms with Crippen LogP contribution in [0.15, 0.2) is 54.1 Å². The van der Waals surface area contributed by atoms with E-state index in [2.05, 4.69) is 28.3 Å². The SMILES string of the molecule is Cc1c(NCc2nccs2)cccc1-c1ccc(C(N)=O)c2[nH]c(C3=CCN(S(C)(=O)=O)CC3)cc12. The maximum Gasteiger partial charge on any atom is 0.250 e. The van der Waals surface area contributed by atoms with Crippen LogP contribution in [-0.4, -0.2) is 47.9 Å². The lowest BCUT2D eigenvalue weighted by Crippen LogP contribution is -2.33. The molecule has 1 aliphatic heterocycles. The molecule has 1 amide bonds. The predicted molar refractivity (Wildman–Crippen MR) is 145 cm³/mol. The van der Waals surface area contributed by atoms with E-state index in [0.29, 0.717) is 37.1 Å². The standard InChI is InChI=1S/C26H27N5O3S2/c1-16-18(4-3-5-22(16)29-15-24-28-10-13-35-24)19-6-7-20(26(27)32)25-21(19)14-23(30-25)17-8-11-31(12-9-17)36(2,33)34/h3-8,10,13-14,29-30H,9,11-12,15H2,1-2H3,(H2,27,32). The molecule has 4 aromatic rings. The average Bonchev–Trinajstić information content (AvgIpc) is 3.53. The predicted octanol–water partition coefficient (Wildman–Crippen LogP) is 4.36. The van der Waals surface area contributed by atoms with Crippen LogP contribution in [0.5, 0.6) is 0 Å². The summed E-state index contributed by atoms with van der Waals surface area (Å²) in [6.07, 6.45) is 5.53. The summed E-state index contributed by atoms with van der Waals surface area (Å²) in [4.78, 5) is 20.0. The number of aromatic nitrogens is 2. The van der Waals surface area contributed by atoms with E-state index in [4.69, 9.17) is 5.73 Å². The van der Waals surface area contributed by atoms with Gasteiger partial charge < -0.3 is 16.0 Å². The number of primary amides is 1. The van der Waals surface area contributed by atoms with E-state index in [9.17, 15) is 13.2 Å². The minimum atomic E-state index is -3.24. The number of nitrogens with two attached hydrogens (primary N) is 1. The zero-order valence-corrected chi connectivity index (χ0v) is 21.7. The van der Waals surface area contributed by atoms with Gasteiger partial charge in [-0.1, -0.05) is 24.3 Å². The van der Waals surface area contributed by atoms with E-state index < -0.39 is 15.9 Å². The normalized spacial score (nSPS) is 14.7. The Kier molecular flexibility index (Phi) is 6.42. The number of aromatic amines is 1. The molecule has 0 aliphatic carbocycles. The molecule has 10 heteroatoms. The van der Waals surface area contributed by atoms with E-state index in [1.165, 1.54) is 10.6 Å². The largest absolute Gasteiger partial charge is 0.378 e. The van der Waals surface area contributed by atoms with Gasteiger partial charge in [0, 0.05) is 41.4 Å². The summed E-state index contributed by atoms with van der Waals surface area (Å²) in [7, 11) is -3.24. The van der Waals surface area contributed by atoms with Gasteiger partial charge in [0.2, 0.25) is 10.0 Å². The third-order valence-electron chi connectivity index (χ3n) is 6.58. The molecule has 0 spiro atoms. The molecule has 0 saturated heterocycles. The molecule has 5 rings (SSSR count). The molecule has 8 nitrogen and oxygen atoms in total. The number of anilines is 1. The topological polar surface area (TPSA) is 121 Å². The molecular weight excluding hydrogens is 494 g/mol. The molecule has 2 aromatic heterocycles. The Morgan fingerprint density at radius 1 is 1.25 bits per heavy atom. The second-order valence-electron chi connectivity index (χ2n) is 8.85. The number of H-pyrrole nitrogens is 1. The van der Waals surface area contributed by atoms with Crippen LogP contribution in [0.25, 0.3) is 27.6 Å². The minimum absolute atomic E-state index is 0.324. The molecule has 0 bridgehead atoms. The highest BCUT2D eigenvalue weighted by atomic mass is 32.2. The van der Waals surface area contributed by atoms with Crippen LogP contribution in [0, 0.1) is 6.92 Å². The molecule has 0 atom stereocenters. The lowest BCUT2D eigenvalue weighted by Gasteiger charge is -2.23. The van der Waals surface area contributed by atoms with Crippen LogP contribution in [0.3, 0.4) is 0 Å². The maximum absolute atomic E-state index is 12.2. The van der Waals surface area contributed by atoms with Crippen molar-refractivity contribution in [3.8, 4) is 11.1 Å². The molecule has 0 saturated carbocycles. The number of hydrogen-bond donors (Lipinski definition) is 3. The van der Waals surface area contributed by atoms with Crippen LogP contribution < -0.4 is 11.1 Å². The van der Waals surface area contributed by atoms with Gasteiger partial charge >= 0.3 is 0 Å². The van der Waals surface area contributed by atoms with Gasteiger partial charge in [0.15, 0.2) is 0 Å². The van der Waals surface area contributed by atoms with Crippen molar-refractivity contribution in [3.05, 3.63) is 75.9 Å². The molecule has 4 N–H and O–H groups in total. The summed E-state index contributed by atoms with van der Waals surface area (Å²) in [5.41, 5.74) is 12.8. The number of thiazole rings is 1. The van der Waals surface area contributed by atoms with Crippen molar-refractivity contribution in [2.75, 3.05) is 24.7 Å². The van der Waals surface area contributed by atoms with Crippen LogP contribution in [0.2, 0.25) is 0 Å². The lowest BCUT2D eigenvalue weighted by atomic mass is 9.94. The number of sulfonamides is 1. The first kappa shape index (κ1) is 24.2. The highest BCUT2D eigenvalue weighted by Gasteiger charge is 2.22. The van der Waals surface area contributed by atoms with Gasteiger partial charge in [0.05, 0.1) is 23.9 Å². The van der Waals surface area contributed by atoms with Crippen molar-refractivity contribution in [3.63, 3.8) is 0 Å². The lowest BCUT2D eigenvalue weighted by molar-refractivity contribution is 0.100. The van der Waals surface area contributed by atoms with Crippen molar-refractivity contribution in [2.24, 2.45) is 5.73 Å². The molecular formula is C26H27N5O3S2. The Labute approximate surface area is 213 Å². The molecule has 36 heavy (non-hydrogen) atoms. The van der Waals surface area contributed by atoms with E-state index >= 15 is 0 Å². The highest BCUT2D eigenvalue weighted by molar-refractivity contribution is 7.88.